The third kappa shape index (κ3) is 8.18. The molecule has 0 aromatic carbocycles. The van der Waals surface area contributed by atoms with Crippen molar-refractivity contribution < 1.29 is 0 Å². The number of nitrogens with one attached hydrogen (secondary N) is 2. The van der Waals surface area contributed by atoms with Crippen LogP contribution >= 0.6 is 0 Å². The average molecular weight is 188 g/mol. The van der Waals surface area contributed by atoms with E-state index < -0.39 is 0 Å². The van der Waals surface area contributed by atoms with Gasteiger partial charge in [-0.2, -0.15) is 0 Å². The van der Waals surface area contributed by atoms with Crippen molar-refractivity contribution in [3.05, 3.63) is 0 Å². The molecule has 0 fully saturated rings. The number of hydrogen-bond donors (Lipinski definition) is 4. The summed E-state index contributed by atoms with van der Waals surface area (Å²) < 4.78 is 0. The molecule has 0 aromatic heterocycles. The lowest BCUT2D eigenvalue weighted by Crippen LogP contribution is -2.45. The molecule has 0 aliphatic rings. The normalized spacial score (nSPS) is 18.2. The molecule has 4 nitrogen and oxygen atoms in total. The molecule has 0 amide bonds. The second-order valence-electron chi connectivity index (χ2n) is 3.83. The quantitative estimate of drug-likeness (QED) is 0.424. The predicted molar refractivity (Wildman–Crippen MR) is 57.6 cm³/mol. The third-order valence-corrected chi connectivity index (χ3v) is 1.91. The maximum Gasteiger partial charge on any atom is 0.0164 e. The number of rotatable bonds is 7. The molecule has 13 heavy (non-hydrogen) atoms. The van der Waals surface area contributed by atoms with E-state index in [0.29, 0.717) is 18.6 Å². The van der Waals surface area contributed by atoms with Crippen LogP contribution in [0.15, 0.2) is 0 Å². The smallest absolute Gasteiger partial charge is 0.0164 e. The lowest BCUT2D eigenvalue weighted by Gasteiger charge is -2.18. The molecule has 3 atom stereocenters. The van der Waals surface area contributed by atoms with E-state index in [1.165, 1.54) is 0 Å². The molecular formula is C9H24N4. The van der Waals surface area contributed by atoms with E-state index in [-0.39, 0.29) is 6.04 Å². The molecule has 2 unspecified atom stereocenters. The first-order valence-corrected chi connectivity index (χ1v) is 4.98. The third-order valence-electron chi connectivity index (χ3n) is 1.91. The minimum Gasteiger partial charge on any atom is -0.329 e. The van der Waals surface area contributed by atoms with Crippen molar-refractivity contribution in [2.24, 2.45) is 11.5 Å². The molecule has 0 spiro atoms. The maximum atomic E-state index is 5.62. The topological polar surface area (TPSA) is 76.1 Å². The molecule has 0 aromatic rings. The van der Waals surface area contributed by atoms with Crippen LogP contribution in [0.3, 0.4) is 0 Å². The lowest BCUT2D eigenvalue weighted by molar-refractivity contribution is 0.453. The van der Waals surface area contributed by atoms with E-state index in [1.807, 2.05) is 6.92 Å². The average Bonchev–Trinajstić information content (AvgIpc) is 2.10. The van der Waals surface area contributed by atoms with Crippen LogP contribution in [-0.2, 0) is 0 Å². The van der Waals surface area contributed by atoms with Gasteiger partial charge < -0.3 is 22.1 Å². The van der Waals surface area contributed by atoms with E-state index >= 15 is 0 Å². The van der Waals surface area contributed by atoms with Gasteiger partial charge in [0.15, 0.2) is 0 Å². The van der Waals surface area contributed by atoms with Gasteiger partial charge in [0.2, 0.25) is 0 Å². The zero-order valence-corrected chi connectivity index (χ0v) is 9.01. The first-order chi connectivity index (χ1) is 6.06. The molecule has 0 heterocycles. The Hall–Kier alpha value is -0.160. The van der Waals surface area contributed by atoms with Gasteiger partial charge in [-0.15, -0.1) is 0 Å². The van der Waals surface area contributed by atoms with E-state index in [1.54, 1.807) is 0 Å². The van der Waals surface area contributed by atoms with Gasteiger partial charge in [0.25, 0.3) is 0 Å². The Morgan fingerprint density at radius 3 is 2.00 bits per heavy atom. The van der Waals surface area contributed by atoms with Crippen LogP contribution in [0, 0.1) is 0 Å². The molecule has 0 aliphatic heterocycles. The zero-order valence-electron chi connectivity index (χ0n) is 9.01. The Bertz CT molecular complexity index is 116. The highest BCUT2D eigenvalue weighted by atomic mass is 15.0. The fourth-order valence-corrected chi connectivity index (χ4v) is 0.921. The van der Waals surface area contributed by atoms with Crippen LogP contribution in [0.5, 0.6) is 0 Å². The highest BCUT2D eigenvalue weighted by Crippen LogP contribution is 1.82. The fourth-order valence-electron chi connectivity index (χ4n) is 0.921. The molecule has 0 radical (unpaired) electrons. The molecule has 0 rings (SSSR count). The van der Waals surface area contributed by atoms with Crippen molar-refractivity contribution in [3.63, 3.8) is 0 Å². The summed E-state index contributed by atoms with van der Waals surface area (Å²) in [7, 11) is 0. The Kier molecular flexibility index (Phi) is 7.17. The highest BCUT2D eigenvalue weighted by molar-refractivity contribution is 4.70. The molecule has 4 heteroatoms. The first kappa shape index (κ1) is 12.8. The van der Waals surface area contributed by atoms with Crippen molar-refractivity contribution in [1.82, 2.24) is 10.6 Å². The van der Waals surface area contributed by atoms with Gasteiger partial charge in [-0.05, 0) is 20.8 Å². The fraction of sp³-hybridized carbons (Fsp3) is 1.00. The minimum atomic E-state index is 0.217. The van der Waals surface area contributed by atoms with Crippen LogP contribution in [0.4, 0.5) is 0 Å². The molecule has 0 saturated carbocycles. The summed E-state index contributed by atoms with van der Waals surface area (Å²) >= 11 is 0. The molecular weight excluding hydrogens is 164 g/mol. The monoisotopic (exact) mass is 188 g/mol. The van der Waals surface area contributed by atoms with E-state index in [9.17, 15) is 0 Å². The Morgan fingerprint density at radius 1 is 1.00 bits per heavy atom. The van der Waals surface area contributed by atoms with Crippen molar-refractivity contribution in [1.29, 1.82) is 0 Å². The van der Waals surface area contributed by atoms with E-state index in [2.05, 4.69) is 24.5 Å². The van der Waals surface area contributed by atoms with Gasteiger partial charge in [0, 0.05) is 37.8 Å². The Morgan fingerprint density at radius 2 is 1.54 bits per heavy atom. The van der Waals surface area contributed by atoms with Crippen LogP contribution in [0.25, 0.3) is 0 Å². The Balaban J connectivity index is 3.34. The SMILES string of the molecule is CC(N)CN[C@@H](C)CNC(C)CN. The van der Waals surface area contributed by atoms with Gasteiger partial charge in [0.1, 0.15) is 0 Å². The largest absolute Gasteiger partial charge is 0.329 e. The summed E-state index contributed by atoms with van der Waals surface area (Å²) in [5.74, 6) is 0. The van der Waals surface area contributed by atoms with Gasteiger partial charge >= 0.3 is 0 Å². The van der Waals surface area contributed by atoms with Gasteiger partial charge in [-0.1, -0.05) is 0 Å². The highest BCUT2D eigenvalue weighted by Gasteiger charge is 2.03. The standard InChI is InChI=1S/C9H24N4/c1-7(11)5-12-9(3)6-13-8(2)4-10/h7-9,12-13H,4-6,10-11H2,1-3H3/t7?,8?,9-/m0/s1. The zero-order chi connectivity index (χ0) is 10.3. The minimum absolute atomic E-state index is 0.217. The summed E-state index contributed by atoms with van der Waals surface area (Å²) in [6.07, 6.45) is 0. The summed E-state index contributed by atoms with van der Waals surface area (Å²) in [4.78, 5) is 0. The first-order valence-electron chi connectivity index (χ1n) is 4.98. The van der Waals surface area contributed by atoms with Crippen LogP contribution in [-0.4, -0.2) is 37.8 Å². The van der Waals surface area contributed by atoms with Crippen molar-refractivity contribution in [3.8, 4) is 0 Å². The number of hydrogen-bond acceptors (Lipinski definition) is 4. The summed E-state index contributed by atoms with van der Waals surface area (Å²) in [5.41, 5.74) is 11.1. The second-order valence-corrected chi connectivity index (χ2v) is 3.83. The predicted octanol–water partition coefficient (Wildman–Crippen LogP) is -0.751. The lowest BCUT2D eigenvalue weighted by atomic mass is 10.2. The molecule has 0 bridgehead atoms. The van der Waals surface area contributed by atoms with Gasteiger partial charge in [-0.3, -0.25) is 0 Å². The Labute approximate surface area is 81.4 Å². The van der Waals surface area contributed by atoms with E-state index in [4.69, 9.17) is 11.5 Å². The van der Waals surface area contributed by atoms with Crippen LogP contribution in [0.2, 0.25) is 0 Å². The van der Waals surface area contributed by atoms with Crippen molar-refractivity contribution in [2.45, 2.75) is 38.9 Å². The van der Waals surface area contributed by atoms with Crippen molar-refractivity contribution in [2.75, 3.05) is 19.6 Å². The van der Waals surface area contributed by atoms with Gasteiger partial charge in [-0.25, -0.2) is 0 Å². The second kappa shape index (κ2) is 7.26. The summed E-state index contributed by atoms with van der Waals surface area (Å²) in [6, 6.07) is 1.05. The summed E-state index contributed by atoms with van der Waals surface area (Å²) in [6.45, 7) is 8.69. The van der Waals surface area contributed by atoms with Crippen molar-refractivity contribution >= 4 is 0 Å². The van der Waals surface area contributed by atoms with Gasteiger partial charge in [0.05, 0.1) is 0 Å². The van der Waals surface area contributed by atoms with E-state index in [0.717, 1.165) is 13.1 Å². The number of nitrogens with two attached hydrogens (primary N) is 2. The van der Waals surface area contributed by atoms with Crippen LogP contribution < -0.4 is 22.1 Å². The molecule has 0 saturated heterocycles. The molecule has 0 aliphatic carbocycles. The maximum absolute atomic E-state index is 5.62. The van der Waals surface area contributed by atoms with Crippen LogP contribution in [0.1, 0.15) is 20.8 Å². The molecule has 6 N–H and O–H groups in total. The molecule has 80 valence electrons. The summed E-state index contributed by atoms with van der Waals surface area (Å²) in [5, 5.41) is 6.66.